The fourth-order valence-corrected chi connectivity index (χ4v) is 3.69. The Morgan fingerprint density at radius 2 is 2.00 bits per heavy atom. The van der Waals surface area contributed by atoms with Crippen molar-refractivity contribution in [1.29, 1.82) is 0 Å². The molecule has 0 saturated heterocycles. The number of ketones is 1. The second kappa shape index (κ2) is 4.90. The van der Waals surface area contributed by atoms with Crippen molar-refractivity contribution in [2.24, 2.45) is 23.2 Å². The summed E-state index contributed by atoms with van der Waals surface area (Å²) in [5.41, 5.74) is 2.40. The third-order valence-electron chi connectivity index (χ3n) is 5.64. The van der Waals surface area contributed by atoms with Gasteiger partial charge in [0.1, 0.15) is 6.10 Å². The Labute approximate surface area is 116 Å². The molecule has 0 aromatic carbocycles. The molecule has 2 heteroatoms. The highest BCUT2D eigenvalue weighted by Crippen LogP contribution is 2.52. The summed E-state index contributed by atoms with van der Waals surface area (Å²) >= 11 is 0. The molecule has 0 amide bonds. The van der Waals surface area contributed by atoms with E-state index in [1.165, 1.54) is 11.1 Å². The maximum atomic E-state index is 12.5. The van der Waals surface area contributed by atoms with Crippen molar-refractivity contribution < 1.29 is 9.90 Å². The van der Waals surface area contributed by atoms with Gasteiger partial charge in [0, 0.05) is 11.8 Å². The van der Waals surface area contributed by atoms with E-state index in [1.807, 2.05) is 6.08 Å². The number of hydrogen-bond acceptors (Lipinski definition) is 2. The van der Waals surface area contributed by atoms with Crippen molar-refractivity contribution in [2.75, 3.05) is 0 Å². The molecule has 0 aromatic rings. The molecule has 0 spiro atoms. The molecule has 5 atom stereocenters. The largest absolute Gasteiger partial charge is 0.385 e. The molecule has 0 aromatic heterocycles. The predicted octanol–water partition coefficient (Wildman–Crippen LogP) is 3.51. The number of aliphatic hydroxyl groups is 1. The van der Waals surface area contributed by atoms with Gasteiger partial charge in [-0.2, -0.15) is 0 Å². The fraction of sp³-hybridized carbons (Fsp3) is 0.706. The Kier molecular flexibility index (Phi) is 3.74. The first-order valence-corrected chi connectivity index (χ1v) is 7.31. The van der Waals surface area contributed by atoms with Crippen molar-refractivity contribution in [2.45, 2.75) is 53.6 Å². The first-order chi connectivity index (χ1) is 8.79. The van der Waals surface area contributed by atoms with Crippen LogP contribution < -0.4 is 0 Å². The minimum atomic E-state index is -0.831. The van der Waals surface area contributed by atoms with E-state index < -0.39 is 6.10 Å². The lowest BCUT2D eigenvalue weighted by Gasteiger charge is -2.50. The number of aliphatic hydroxyl groups excluding tert-OH is 1. The van der Waals surface area contributed by atoms with Crippen molar-refractivity contribution in [3.63, 3.8) is 0 Å². The van der Waals surface area contributed by atoms with Crippen molar-refractivity contribution in [3.8, 4) is 0 Å². The summed E-state index contributed by atoms with van der Waals surface area (Å²) in [5.74, 6) is 0.397. The van der Waals surface area contributed by atoms with Crippen LogP contribution in [0.5, 0.6) is 0 Å². The van der Waals surface area contributed by atoms with E-state index >= 15 is 0 Å². The molecule has 5 unspecified atom stereocenters. The molecule has 0 radical (unpaired) electrons. The van der Waals surface area contributed by atoms with Crippen LogP contribution in [0.3, 0.4) is 0 Å². The van der Waals surface area contributed by atoms with E-state index in [2.05, 4.69) is 40.7 Å². The average molecular weight is 262 g/mol. The van der Waals surface area contributed by atoms with Gasteiger partial charge in [0.15, 0.2) is 5.78 Å². The van der Waals surface area contributed by atoms with Crippen LogP contribution in [0.1, 0.15) is 47.5 Å². The van der Waals surface area contributed by atoms with Gasteiger partial charge in [0.05, 0.1) is 0 Å². The van der Waals surface area contributed by atoms with Gasteiger partial charge in [-0.05, 0) is 44.9 Å². The van der Waals surface area contributed by atoms with Crippen LogP contribution in [0.4, 0.5) is 0 Å². The number of allylic oxidation sites excluding steroid dienone is 3. The quantitative estimate of drug-likeness (QED) is 0.734. The van der Waals surface area contributed by atoms with E-state index in [0.717, 1.165) is 12.8 Å². The Morgan fingerprint density at radius 3 is 2.58 bits per heavy atom. The van der Waals surface area contributed by atoms with E-state index in [-0.39, 0.29) is 23.0 Å². The Bertz CT molecular complexity index is 442. The van der Waals surface area contributed by atoms with Crippen LogP contribution in [0, 0.1) is 23.2 Å². The number of hydrogen-bond donors (Lipinski definition) is 1. The summed E-state index contributed by atoms with van der Waals surface area (Å²) in [6, 6.07) is 0. The predicted molar refractivity (Wildman–Crippen MR) is 77.7 cm³/mol. The summed E-state index contributed by atoms with van der Waals surface area (Å²) in [5, 5.41) is 10.4. The first-order valence-electron chi connectivity index (χ1n) is 7.31. The van der Waals surface area contributed by atoms with Crippen LogP contribution in [0.25, 0.3) is 0 Å². The lowest BCUT2D eigenvalue weighted by Crippen LogP contribution is -2.52. The van der Waals surface area contributed by atoms with Crippen LogP contribution in [0.2, 0.25) is 0 Å². The highest BCUT2D eigenvalue weighted by Gasteiger charge is 2.52. The van der Waals surface area contributed by atoms with Gasteiger partial charge in [-0.15, -0.1) is 0 Å². The Balaban J connectivity index is 2.42. The third kappa shape index (κ3) is 2.20. The molecule has 2 nitrogen and oxygen atoms in total. The number of rotatable bonds is 1. The summed E-state index contributed by atoms with van der Waals surface area (Å²) < 4.78 is 0. The van der Waals surface area contributed by atoms with Crippen LogP contribution in [-0.2, 0) is 4.79 Å². The number of fused-ring (bicyclic) bond motifs is 1. The molecule has 1 saturated carbocycles. The second-order valence-corrected chi connectivity index (χ2v) is 6.89. The smallest absolute Gasteiger partial charge is 0.169 e. The highest BCUT2D eigenvalue weighted by atomic mass is 16.3. The number of carbonyl (C=O) groups excluding carboxylic acids is 1. The third-order valence-corrected chi connectivity index (χ3v) is 5.64. The number of carbonyl (C=O) groups is 1. The van der Waals surface area contributed by atoms with Gasteiger partial charge in [-0.25, -0.2) is 0 Å². The van der Waals surface area contributed by atoms with Crippen molar-refractivity contribution >= 4 is 5.78 Å². The molecule has 19 heavy (non-hydrogen) atoms. The van der Waals surface area contributed by atoms with Crippen molar-refractivity contribution in [1.82, 2.24) is 0 Å². The lowest BCUT2D eigenvalue weighted by molar-refractivity contribution is -0.145. The standard InChI is InChI=1S/C17H26O2/c1-10(2)12(4)13-9-17(5)11(3)7-6-8-14(17)16(19)15(13)18/h6,8,11,13-15,18H,7,9H2,1-5H3. The molecule has 106 valence electrons. The van der Waals surface area contributed by atoms with Crippen LogP contribution in [-0.4, -0.2) is 17.0 Å². The zero-order valence-electron chi connectivity index (χ0n) is 12.7. The van der Waals surface area contributed by atoms with Gasteiger partial charge in [-0.1, -0.05) is 37.1 Å². The van der Waals surface area contributed by atoms with E-state index in [9.17, 15) is 9.90 Å². The summed E-state index contributed by atoms with van der Waals surface area (Å²) in [7, 11) is 0. The molecule has 0 aliphatic heterocycles. The average Bonchev–Trinajstić information content (AvgIpc) is 2.35. The molecule has 1 fully saturated rings. The van der Waals surface area contributed by atoms with Crippen molar-refractivity contribution in [3.05, 3.63) is 23.3 Å². The summed E-state index contributed by atoms with van der Waals surface area (Å²) in [6.07, 6.45) is 5.25. The SMILES string of the molecule is CC(C)=C(C)C1CC2(C)C(C)CC=CC2C(=O)C1O. The molecular formula is C17H26O2. The van der Waals surface area contributed by atoms with Gasteiger partial charge in [0.25, 0.3) is 0 Å². The molecule has 0 heterocycles. The monoisotopic (exact) mass is 262 g/mol. The molecule has 2 aliphatic carbocycles. The van der Waals surface area contributed by atoms with Gasteiger partial charge < -0.3 is 5.11 Å². The minimum Gasteiger partial charge on any atom is -0.385 e. The fourth-order valence-electron chi connectivity index (χ4n) is 3.69. The van der Waals surface area contributed by atoms with E-state index in [4.69, 9.17) is 0 Å². The first kappa shape index (κ1) is 14.5. The van der Waals surface area contributed by atoms with Gasteiger partial charge >= 0.3 is 0 Å². The normalized spacial score (nSPS) is 41.9. The summed E-state index contributed by atoms with van der Waals surface area (Å²) in [6.45, 7) is 10.6. The molecule has 2 rings (SSSR count). The molecule has 1 N–H and O–H groups in total. The lowest BCUT2D eigenvalue weighted by atomic mass is 9.54. The molecule has 2 aliphatic rings. The molecular weight excluding hydrogens is 236 g/mol. The second-order valence-electron chi connectivity index (χ2n) is 6.89. The molecule has 0 bridgehead atoms. The van der Waals surface area contributed by atoms with E-state index in [0.29, 0.717) is 5.92 Å². The zero-order chi connectivity index (χ0) is 14.4. The zero-order valence-corrected chi connectivity index (χ0v) is 12.7. The topological polar surface area (TPSA) is 37.3 Å². The number of Topliss-reactive ketones (excluding diaryl/α,β-unsaturated/α-hetero) is 1. The van der Waals surface area contributed by atoms with Crippen LogP contribution >= 0.6 is 0 Å². The summed E-state index contributed by atoms with van der Waals surface area (Å²) in [4.78, 5) is 12.5. The highest BCUT2D eigenvalue weighted by molar-refractivity contribution is 5.89. The Hall–Kier alpha value is -0.890. The maximum absolute atomic E-state index is 12.5. The van der Waals surface area contributed by atoms with E-state index in [1.54, 1.807) is 0 Å². The van der Waals surface area contributed by atoms with Gasteiger partial charge in [0.2, 0.25) is 0 Å². The Morgan fingerprint density at radius 1 is 1.37 bits per heavy atom. The van der Waals surface area contributed by atoms with Gasteiger partial charge in [-0.3, -0.25) is 4.79 Å². The van der Waals surface area contributed by atoms with Crippen LogP contribution in [0.15, 0.2) is 23.3 Å². The minimum absolute atomic E-state index is 0.00676. The maximum Gasteiger partial charge on any atom is 0.169 e.